The smallest absolute Gasteiger partial charge is 0.261 e. The van der Waals surface area contributed by atoms with E-state index in [4.69, 9.17) is 15.0 Å². The van der Waals surface area contributed by atoms with Crippen molar-refractivity contribution in [3.63, 3.8) is 0 Å². The van der Waals surface area contributed by atoms with E-state index < -0.39 is 5.79 Å². The van der Waals surface area contributed by atoms with Gasteiger partial charge in [-0.3, -0.25) is 4.57 Å². The van der Waals surface area contributed by atoms with Gasteiger partial charge in [0.05, 0.1) is 22.8 Å². The van der Waals surface area contributed by atoms with Crippen LogP contribution >= 0.6 is 0 Å². The Labute approximate surface area is 276 Å². The van der Waals surface area contributed by atoms with E-state index in [2.05, 4.69) is 115 Å². The van der Waals surface area contributed by atoms with Crippen LogP contribution in [0.2, 0.25) is 0 Å². The van der Waals surface area contributed by atoms with Crippen LogP contribution in [-0.2, 0) is 5.79 Å². The number of allylic oxidation sites excluding steroid dienone is 5. The number of rotatable bonds is 9. The first kappa shape index (κ1) is 29.6. The molecule has 6 aromatic rings. The van der Waals surface area contributed by atoms with Crippen LogP contribution in [0.25, 0.3) is 28.2 Å². The van der Waals surface area contributed by atoms with Crippen LogP contribution in [0.3, 0.4) is 0 Å². The lowest BCUT2D eigenvalue weighted by Crippen LogP contribution is -2.32. The molecule has 0 radical (unpaired) electrons. The lowest BCUT2D eigenvalue weighted by molar-refractivity contribution is 0.402. The van der Waals surface area contributed by atoms with E-state index in [1.165, 1.54) is 0 Å². The van der Waals surface area contributed by atoms with Crippen molar-refractivity contribution >= 4 is 17.0 Å². The average molecular weight is 607 g/mol. The van der Waals surface area contributed by atoms with Gasteiger partial charge < -0.3 is 0 Å². The zero-order chi connectivity index (χ0) is 32.1. The van der Waals surface area contributed by atoms with Crippen LogP contribution in [0.4, 0.5) is 0 Å². The highest BCUT2D eigenvalue weighted by molar-refractivity contribution is 6.54. The third-order valence-corrected chi connectivity index (χ3v) is 8.28. The molecule has 0 atom stereocenters. The molecule has 1 aliphatic heterocycles. The maximum absolute atomic E-state index is 5.70. The van der Waals surface area contributed by atoms with Crippen molar-refractivity contribution in [2.24, 2.45) is 9.98 Å². The summed E-state index contributed by atoms with van der Waals surface area (Å²) in [7, 11) is 0. The van der Waals surface area contributed by atoms with Crippen molar-refractivity contribution in [2.45, 2.75) is 12.7 Å². The van der Waals surface area contributed by atoms with Gasteiger partial charge in [0.25, 0.3) is 5.79 Å². The molecule has 5 aromatic carbocycles. The summed E-state index contributed by atoms with van der Waals surface area (Å²) in [6.07, 6.45) is 7.96. The second-order valence-electron chi connectivity index (χ2n) is 11.2. The molecule has 0 N–H and O–H groups in total. The van der Waals surface area contributed by atoms with E-state index >= 15 is 0 Å². The van der Waals surface area contributed by atoms with E-state index in [0.29, 0.717) is 0 Å². The van der Waals surface area contributed by atoms with Gasteiger partial charge in [0.2, 0.25) is 0 Å². The van der Waals surface area contributed by atoms with Crippen LogP contribution in [0, 0.1) is 0 Å². The van der Waals surface area contributed by atoms with Crippen molar-refractivity contribution < 1.29 is 0 Å². The van der Waals surface area contributed by atoms with Crippen molar-refractivity contribution in [1.82, 2.24) is 9.55 Å². The number of hydrogen-bond acceptors (Lipinski definition) is 3. The summed E-state index contributed by atoms with van der Waals surface area (Å²) >= 11 is 0. The normalized spacial score (nSPS) is 14.2. The van der Waals surface area contributed by atoms with Crippen LogP contribution in [-0.4, -0.2) is 21.0 Å². The largest absolute Gasteiger partial charge is 0.275 e. The van der Waals surface area contributed by atoms with E-state index in [0.717, 1.165) is 62.0 Å². The predicted octanol–water partition coefficient (Wildman–Crippen LogP) is 10.0. The Morgan fingerprint density at radius 1 is 0.596 bits per heavy atom. The molecule has 1 aliphatic rings. The molecular weight excluding hydrogens is 573 g/mol. The van der Waals surface area contributed by atoms with Crippen molar-refractivity contribution in [3.8, 4) is 22.6 Å². The minimum Gasteiger partial charge on any atom is -0.275 e. The SMILES string of the molecule is C=C/C=C\C(=C/C)c1c(-c2ccccc2)nc(-c2ccccc2)n1C1(c2ccccc2)N=C(c2ccccc2)C(c2ccccc2)=N1. The zero-order valence-electron chi connectivity index (χ0n) is 26.2. The second kappa shape index (κ2) is 13.1. The number of imidazole rings is 1. The molecule has 226 valence electrons. The van der Waals surface area contributed by atoms with E-state index in [9.17, 15) is 0 Å². The van der Waals surface area contributed by atoms with Gasteiger partial charge in [-0.1, -0.05) is 183 Å². The molecule has 0 fully saturated rings. The highest BCUT2D eigenvalue weighted by Crippen LogP contribution is 2.45. The van der Waals surface area contributed by atoms with Crippen LogP contribution in [0.1, 0.15) is 29.3 Å². The molecule has 2 heterocycles. The highest BCUT2D eigenvalue weighted by Gasteiger charge is 2.45. The first-order valence-electron chi connectivity index (χ1n) is 15.8. The van der Waals surface area contributed by atoms with Gasteiger partial charge in [0.1, 0.15) is 5.82 Å². The summed E-state index contributed by atoms with van der Waals surface area (Å²) in [5.74, 6) is -0.460. The van der Waals surface area contributed by atoms with E-state index in [1.54, 1.807) is 6.08 Å². The Bertz CT molecular complexity index is 2070. The summed E-state index contributed by atoms with van der Waals surface area (Å²) in [5, 5.41) is 0. The second-order valence-corrected chi connectivity index (χ2v) is 11.2. The molecule has 0 spiro atoms. The lowest BCUT2D eigenvalue weighted by atomic mass is 10.0. The minimum absolute atomic E-state index is 0.767. The van der Waals surface area contributed by atoms with Crippen LogP contribution in [0.5, 0.6) is 0 Å². The fourth-order valence-electron chi connectivity index (χ4n) is 6.11. The van der Waals surface area contributed by atoms with Gasteiger partial charge in [-0.2, -0.15) is 0 Å². The quantitative estimate of drug-likeness (QED) is 0.151. The Kier molecular flexibility index (Phi) is 8.23. The van der Waals surface area contributed by atoms with E-state index in [-0.39, 0.29) is 0 Å². The minimum atomic E-state index is -1.23. The van der Waals surface area contributed by atoms with Crippen LogP contribution in [0.15, 0.2) is 193 Å². The monoisotopic (exact) mass is 606 g/mol. The van der Waals surface area contributed by atoms with Gasteiger partial charge in [-0.15, -0.1) is 0 Å². The average Bonchev–Trinajstić information content (AvgIpc) is 3.75. The highest BCUT2D eigenvalue weighted by atomic mass is 15.4. The Hall–Kier alpha value is -6.13. The topological polar surface area (TPSA) is 42.5 Å². The number of nitrogens with zero attached hydrogens (tertiary/aromatic N) is 4. The first-order chi connectivity index (χ1) is 23.2. The summed E-state index contributed by atoms with van der Waals surface area (Å²) in [6, 6.07) is 51.7. The molecule has 0 aliphatic carbocycles. The predicted molar refractivity (Wildman–Crippen MR) is 196 cm³/mol. The van der Waals surface area contributed by atoms with Gasteiger partial charge >= 0.3 is 0 Å². The standard InChI is InChI=1S/C43H34N4/c1-3-5-21-32(4-2)41-40(35-26-15-8-16-27-35)44-42(36-28-17-9-18-29-36)47(41)43(37-30-19-10-20-31-37)45-38(33-22-11-6-12-23-33)39(46-43)34-24-13-7-14-25-34/h3-31H,1H2,2H3/b21-5-,32-4+. The third kappa shape index (κ3) is 5.51. The maximum Gasteiger partial charge on any atom is 0.261 e. The fourth-order valence-corrected chi connectivity index (χ4v) is 6.11. The van der Waals surface area contributed by atoms with Gasteiger partial charge in [-0.05, 0) is 12.5 Å². The summed E-state index contributed by atoms with van der Waals surface area (Å²) in [4.78, 5) is 16.9. The van der Waals surface area contributed by atoms with Crippen molar-refractivity contribution in [3.05, 3.63) is 205 Å². The Morgan fingerprint density at radius 3 is 1.51 bits per heavy atom. The third-order valence-electron chi connectivity index (χ3n) is 8.28. The molecule has 4 heteroatoms. The number of hydrogen-bond donors (Lipinski definition) is 0. The molecule has 47 heavy (non-hydrogen) atoms. The van der Waals surface area contributed by atoms with Crippen molar-refractivity contribution in [1.29, 1.82) is 0 Å². The van der Waals surface area contributed by atoms with E-state index in [1.807, 2.05) is 72.8 Å². The van der Waals surface area contributed by atoms with Crippen molar-refractivity contribution in [2.75, 3.05) is 0 Å². The van der Waals surface area contributed by atoms with Gasteiger partial charge in [0, 0.05) is 27.8 Å². The zero-order valence-corrected chi connectivity index (χ0v) is 26.2. The molecule has 0 saturated heterocycles. The first-order valence-corrected chi connectivity index (χ1v) is 15.8. The molecule has 1 aromatic heterocycles. The Balaban J connectivity index is 1.68. The summed E-state index contributed by atoms with van der Waals surface area (Å²) < 4.78 is 2.24. The molecule has 0 unspecified atom stereocenters. The fraction of sp³-hybridized carbons (Fsp3) is 0.0465. The molecular formula is C43H34N4. The number of aliphatic imine (C=N–C) groups is 2. The molecule has 4 nitrogen and oxygen atoms in total. The molecule has 0 bridgehead atoms. The Morgan fingerprint density at radius 2 is 1.04 bits per heavy atom. The maximum atomic E-state index is 5.70. The van der Waals surface area contributed by atoms with Gasteiger partial charge in [-0.25, -0.2) is 15.0 Å². The van der Waals surface area contributed by atoms with Crippen LogP contribution < -0.4 is 0 Å². The molecule has 7 rings (SSSR count). The number of benzene rings is 5. The summed E-state index contributed by atoms with van der Waals surface area (Å²) in [5.41, 5.74) is 9.28. The lowest BCUT2D eigenvalue weighted by Gasteiger charge is -2.30. The molecule has 0 amide bonds. The summed E-state index contributed by atoms with van der Waals surface area (Å²) in [6.45, 7) is 6.02. The van der Waals surface area contributed by atoms with Gasteiger partial charge in [0.15, 0.2) is 0 Å². The number of aromatic nitrogens is 2. The molecule has 0 saturated carbocycles.